The molecule has 2 heterocycles. The highest BCUT2D eigenvalue weighted by atomic mass is 79.9. The fourth-order valence-corrected chi connectivity index (χ4v) is 3.48. The van der Waals surface area contributed by atoms with Crippen molar-refractivity contribution in [2.24, 2.45) is 7.05 Å². The van der Waals surface area contributed by atoms with Gasteiger partial charge in [-0.15, -0.1) is 11.3 Å². The van der Waals surface area contributed by atoms with E-state index in [0.29, 0.717) is 0 Å². The lowest BCUT2D eigenvalue weighted by molar-refractivity contribution is 0.577. The van der Waals surface area contributed by atoms with Crippen molar-refractivity contribution in [3.8, 4) is 0 Å². The highest BCUT2D eigenvalue weighted by Crippen LogP contribution is 2.33. The molecule has 0 aromatic carbocycles. The monoisotopic (exact) mass is 333 g/mol. The summed E-state index contributed by atoms with van der Waals surface area (Å²) in [5, 5.41) is 7.71. The van der Waals surface area contributed by atoms with Crippen molar-refractivity contribution < 1.29 is 0 Å². The largest absolute Gasteiger partial charge is 0.305 e. The second kappa shape index (κ2) is 5.52. The van der Waals surface area contributed by atoms with Crippen LogP contribution >= 0.6 is 38.9 Å². The molecule has 2 aromatic heterocycles. The summed E-state index contributed by atoms with van der Waals surface area (Å²) in [5.41, 5.74) is 1.12. The molecule has 0 spiro atoms. The molecule has 0 aliphatic carbocycles. The fourth-order valence-electron chi connectivity index (χ4n) is 1.76. The van der Waals surface area contributed by atoms with Crippen molar-refractivity contribution in [2.75, 3.05) is 6.54 Å². The Morgan fingerprint density at radius 3 is 2.82 bits per heavy atom. The van der Waals surface area contributed by atoms with Gasteiger partial charge in [0.25, 0.3) is 0 Å². The number of aryl methyl sites for hydroxylation is 1. The van der Waals surface area contributed by atoms with Gasteiger partial charge < -0.3 is 5.32 Å². The van der Waals surface area contributed by atoms with Gasteiger partial charge in [0.1, 0.15) is 0 Å². The zero-order chi connectivity index (χ0) is 12.4. The van der Waals surface area contributed by atoms with Crippen LogP contribution in [0.25, 0.3) is 0 Å². The van der Waals surface area contributed by atoms with Crippen molar-refractivity contribution >= 4 is 38.9 Å². The molecule has 17 heavy (non-hydrogen) atoms. The lowest BCUT2D eigenvalue weighted by Gasteiger charge is -2.17. The molecule has 0 amide bonds. The second-order valence-corrected chi connectivity index (χ2v) is 6.23. The summed E-state index contributed by atoms with van der Waals surface area (Å²) in [7, 11) is 1.94. The summed E-state index contributed by atoms with van der Waals surface area (Å²) in [4.78, 5) is 1.20. The molecule has 0 saturated heterocycles. The van der Waals surface area contributed by atoms with Gasteiger partial charge in [-0.2, -0.15) is 5.10 Å². The molecule has 0 aliphatic heterocycles. The highest BCUT2D eigenvalue weighted by molar-refractivity contribution is 9.10. The molecule has 92 valence electrons. The molecule has 1 N–H and O–H groups in total. The fraction of sp³-hybridized carbons (Fsp3) is 0.364. The Hall–Kier alpha value is -0.360. The molecule has 0 radical (unpaired) electrons. The number of halogens is 2. The maximum absolute atomic E-state index is 6.00. The summed E-state index contributed by atoms with van der Waals surface area (Å²) in [5.74, 6) is 0. The van der Waals surface area contributed by atoms with Crippen molar-refractivity contribution in [2.45, 2.75) is 13.0 Å². The maximum Gasteiger partial charge on any atom is 0.0931 e. The molecule has 3 nitrogen and oxygen atoms in total. The van der Waals surface area contributed by atoms with Crippen LogP contribution in [0.5, 0.6) is 0 Å². The molecule has 0 bridgehead atoms. The van der Waals surface area contributed by atoms with Crippen LogP contribution in [0, 0.1) is 0 Å². The molecule has 2 rings (SSSR count). The number of thiophene rings is 1. The van der Waals surface area contributed by atoms with E-state index in [0.717, 1.165) is 21.0 Å². The normalized spacial score (nSPS) is 12.9. The molecule has 0 saturated carbocycles. The standard InChI is InChI=1S/C11H13BrClN3S/c1-3-14-10(8-4-5-9(13)17-8)11-7(12)6-15-16(11)2/h4-6,10,14H,3H2,1-2H3. The molecule has 1 atom stereocenters. The zero-order valence-corrected chi connectivity index (χ0v) is 12.7. The second-order valence-electron chi connectivity index (χ2n) is 3.63. The number of nitrogens with one attached hydrogen (secondary N) is 1. The Morgan fingerprint density at radius 2 is 2.35 bits per heavy atom. The number of hydrogen-bond donors (Lipinski definition) is 1. The van der Waals surface area contributed by atoms with E-state index in [4.69, 9.17) is 11.6 Å². The summed E-state index contributed by atoms with van der Waals surface area (Å²) >= 11 is 11.1. The van der Waals surface area contributed by atoms with Gasteiger partial charge in [0, 0.05) is 11.9 Å². The van der Waals surface area contributed by atoms with E-state index >= 15 is 0 Å². The smallest absolute Gasteiger partial charge is 0.0931 e. The molecular weight excluding hydrogens is 322 g/mol. The van der Waals surface area contributed by atoms with Gasteiger partial charge in [0.2, 0.25) is 0 Å². The Kier molecular flexibility index (Phi) is 4.25. The van der Waals surface area contributed by atoms with E-state index in [1.807, 2.05) is 24.0 Å². The molecule has 1 unspecified atom stereocenters. The van der Waals surface area contributed by atoms with Crippen LogP contribution in [0.1, 0.15) is 23.5 Å². The van der Waals surface area contributed by atoms with E-state index in [1.54, 1.807) is 11.3 Å². The minimum atomic E-state index is 0.124. The minimum Gasteiger partial charge on any atom is -0.305 e. The summed E-state index contributed by atoms with van der Waals surface area (Å²) in [6.07, 6.45) is 1.81. The van der Waals surface area contributed by atoms with Crippen LogP contribution in [0.2, 0.25) is 4.34 Å². The van der Waals surface area contributed by atoms with Gasteiger partial charge in [-0.1, -0.05) is 18.5 Å². The van der Waals surface area contributed by atoms with Gasteiger partial charge in [-0.05, 0) is 34.6 Å². The Morgan fingerprint density at radius 1 is 1.59 bits per heavy atom. The van der Waals surface area contributed by atoms with Gasteiger partial charge >= 0.3 is 0 Å². The lowest BCUT2D eigenvalue weighted by atomic mass is 10.1. The van der Waals surface area contributed by atoms with Crippen LogP contribution in [-0.4, -0.2) is 16.3 Å². The van der Waals surface area contributed by atoms with Gasteiger partial charge in [-0.3, -0.25) is 4.68 Å². The van der Waals surface area contributed by atoms with Gasteiger partial charge in [0.15, 0.2) is 0 Å². The topological polar surface area (TPSA) is 29.9 Å². The van der Waals surface area contributed by atoms with E-state index in [2.05, 4.69) is 39.3 Å². The van der Waals surface area contributed by atoms with Crippen LogP contribution in [-0.2, 0) is 7.05 Å². The first-order valence-electron chi connectivity index (χ1n) is 5.29. The van der Waals surface area contributed by atoms with Crippen molar-refractivity contribution in [1.82, 2.24) is 15.1 Å². The average molecular weight is 335 g/mol. The first-order valence-corrected chi connectivity index (χ1v) is 7.28. The first-order chi connectivity index (χ1) is 8.13. The van der Waals surface area contributed by atoms with Crippen molar-refractivity contribution in [3.05, 3.63) is 37.7 Å². The van der Waals surface area contributed by atoms with Gasteiger partial charge in [-0.25, -0.2) is 0 Å². The van der Waals surface area contributed by atoms with Crippen molar-refractivity contribution in [3.63, 3.8) is 0 Å². The Balaban J connectivity index is 2.42. The minimum absolute atomic E-state index is 0.124. The van der Waals surface area contributed by atoms with E-state index in [1.165, 1.54) is 4.88 Å². The number of rotatable bonds is 4. The Labute approximate surface area is 118 Å². The van der Waals surface area contributed by atoms with Crippen LogP contribution in [0.3, 0.4) is 0 Å². The number of hydrogen-bond acceptors (Lipinski definition) is 3. The third kappa shape index (κ3) is 2.73. The van der Waals surface area contributed by atoms with E-state index in [-0.39, 0.29) is 6.04 Å². The average Bonchev–Trinajstić information content (AvgIpc) is 2.84. The predicted molar refractivity (Wildman–Crippen MR) is 75.8 cm³/mol. The third-order valence-corrected chi connectivity index (χ3v) is 4.40. The predicted octanol–water partition coefficient (Wildman–Crippen LogP) is 3.60. The van der Waals surface area contributed by atoms with E-state index < -0.39 is 0 Å². The molecule has 0 fully saturated rings. The van der Waals surface area contributed by atoms with E-state index in [9.17, 15) is 0 Å². The zero-order valence-electron chi connectivity index (χ0n) is 9.58. The van der Waals surface area contributed by atoms with Crippen LogP contribution in [0.15, 0.2) is 22.8 Å². The Bertz CT molecular complexity index is 489. The van der Waals surface area contributed by atoms with Crippen LogP contribution < -0.4 is 5.32 Å². The number of aromatic nitrogens is 2. The molecule has 0 aliphatic rings. The molecule has 2 aromatic rings. The third-order valence-electron chi connectivity index (χ3n) is 2.50. The summed E-state index contributed by atoms with van der Waals surface area (Å²) in [6.45, 7) is 2.98. The summed E-state index contributed by atoms with van der Waals surface area (Å²) < 4.78 is 3.70. The maximum atomic E-state index is 6.00. The highest BCUT2D eigenvalue weighted by Gasteiger charge is 2.21. The van der Waals surface area contributed by atoms with Gasteiger partial charge in [0.05, 0.1) is 26.7 Å². The van der Waals surface area contributed by atoms with Crippen molar-refractivity contribution in [1.29, 1.82) is 0 Å². The summed E-state index contributed by atoms with van der Waals surface area (Å²) in [6, 6.07) is 4.11. The first kappa shape index (κ1) is 13.1. The molecular formula is C11H13BrClN3S. The lowest BCUT2D eigenvalue weighted by Crippen LogP contribution is -2.23. The number of nitrogens with zero attached hydrogens (tertiary/aromatic N) is 2. The SMILES string of the molecule is CCNC(c1ccc(Cl)s1)c1c(Br)cnn1C. The quantitative estimate of drug-likeness (QED) is 0.926. The van der Waals surface area contributed by atoms with Crippen LogP contribution in [0.4, 0.5) is 0 Å². The molecule has 6 heteroatoms.